The van der Waals surface area contributed by atoms with Gasteiger partial charge in [-0.1, -0.05) is 24.3 Å². The van der Waals surface area contributed by atoms with Gasteiger partial charge >= 0.3 is 0 Å². The molecule has 2 heteroatoms. The van der Waals surface area contributed by atoms with E-state index in [0.29, 0.717) is 5.36 Å². The molecule has 0 spiro atoms. The summed E-state index contributed by atoms with van der Waals surface area (Å²) in [5.41, 5.74) is 3.48. The number of nitrogens with one attached hydrogen (secondary N) is 1. The second-order valence-electron chi connectivity index (χ2n) is 4.04. The fraction of sp³-hybridized carbons (Fsp3) is 0.0714. The van der Waals surface area contributed by atoms with E-state index in [9.17, 15) is 0 Å². The number of aromatic nitrogens is 1. The van der Waals surface area contributed by atoms with E-state index >= 15 is 0 Å². The molecule has 1 aliphatic heterocycles. The molecule has 0 aromatic heterocycles. The lowest BCUT2D eigenvalue weighted by molar-refractivity contribution is 0.957. The Hall–Kier alpha value is -2.09. The van der Waals surface area contributed by atoms with Gasteiger partial charge in [-0.15, -0.1) is 0 Å². The van der Waals surface area contributed by atoms with Gasteiger partial charge in [0.2, 0.25) is 0 Å². The average molecular weight is 208 g/mol. The van der Waals surface area contributed by atoms with Crippen LogP contribution in [0, 0.1) is 5.41 Å². The minimum atomic E-state index is 0.554. The van der Waals surface area contributed by atoms with E-state index in [4.69, 9.17) is 5.41 Å². The maximum absolute atomic E-state index is 7.67. The van der Waals surface area contributed by atoms with Gasteiger partial charge in [-0.2, -0.15) is 0 Å². The van der Waals surface area contributed by atoms with Crippen molar-refractivity contribution >= 4 is 10.9 Å². The van der Waals surface area contributed by atoms with Crippen molar-refractivity contribution in [3.63, 3.8) is 0 Å². The van der Waals surface area contributed by atoms with Crippen LogP contribution in [0.2, 0.25) is 0 Å². The number of hydrogen-bond acceptors (Lipinski definition) is 1. The van der Waals surface area contributed by atoms with Gasteiger partial charge in [-0.3, -0.25) is 0 Å². The van der Waals surface area contributed by atoms with Crippen LogP contribution in [-0.4, -0.2) is 4.57 Å². The second-order valence-corrected chi connectivity index (χ2v) is 4.04. The minimum absolute atomic E-state index is 0.554. The molecule has 0 unspecified atom stereocenters. The summed E-state index contributed by atoms with van der Waals surface area (Å²) in [5, 5.41) is 9.45. The first-order valence-corrected chi connectivity index (χ1v) is 5.29. The van der Waals surface area contributed by atoms with Crippen molar-refractivity contribution < 1.29 is 0 Å². The SMILES string of the molecule is Cn1c2cc(=N)ccc-2cc2ccccc21. The first-order valence-electron chi connectivity index (χ1n) is 5.29. The van der Waals surface area contributed by atoms with Gasteiger partial charge < -0.3 is 9.98 Å². The molecular formula is C14H12N2. The molecule has 2 aliphatic rings. The van der Waals surface area contributed by atoms with Crippen LogP contribution in [0.25, 0.3) is 22.2 Å². The maximum atomic E-state index is 7.67. The van der Waals surface area contributed by atoms with Crippen molar-refractivity contribution in [2.75, 3.05) is 0 Å². The molecule has 1 heterocycles. The first kappa shape index (κ1) is 9.16. The van der Waals surface area contributed by atoms with E-state index in [2.05, 4.69) is 22.8 Å². The molecule has 1 aromatic carbocycles. The van der Waals surface area contributed by atoms with Crippen molar-refractivity contribution in [3.8, 4) is 11.3 Å². The fourth-order valence-electron chi connectivity index (χ4n) is 2.17. The Balaban J connectivity index is 2.57. The Morgan fingerprint density at radius 3 is 2.69 bits per heavy atom. The van der Waals surface area contributed by atoms with Crippen LogP contribution in [0.5, 0.6) is 0 Å². The summed E-state index contributed by atoms with van der Waals surface area (Å²) < 4.78 is 2.14. The summed E-state index contributed by atoms with van der Waals surface area (Å²) in [6.45, 7) is 0. The Bertz CT molecular complexity index is 695. The summed E-state index contributed by atoms with van der Waals surface area (Å²) in [7, 11) is 2.05. The van der Waals surface area contributed by atoms with Crippen LogP contribution in [0.15, 0.2) is 48.5 Å². The van der Waals surface area contributed by atoms with Gasteiger partial charge in [0.1, 0.15) is 0 Å². The predicted octanol–water partition coefficient (Wildman–Crippen LogP) is 2.76. The lowest BCUT2D eigenvalue weighted by atomic mass is 10.1. The summed E-state index contributed by atoms with van der Waals surface area (Å²) in [6, 6.07) is 16.2. The summed E-state index contributed by atoms with van der Waals surface area (Å²) >= 11 is 0. The third kappa shape index (κ3) is 1.23. The zero-order valence-corrected chi connectivity index (χ0v) is 9.07. The highest BCUT2D eigenvalue weighted by molar-refractivity contribution is 5.86. The van der Waals surface area contributed by atoms with Crippen LogP contribution < -0.4 is 5.36 Å². The van der Waals surface area contributed by atoms with Crippen molar-refractivity contribution in [3.05, 3.63) is 53.9 Å². The average Bonchev–Trinajstić information content (AvgIpc) is 2.31. The van der Waals surface area contributed by atoms with Gasteiger partial charge in [0.25, 0.3) is 0 Å². The number of nitrogens with zero attached hydrogens (tertiary/aromatic N) is 1. The molecule has 1 aliphatic carbocycles. The van der Waals surface area contributed by atoms with Crippen LogP contribution in [0.1, 0.15) is 0 Å². The van der Waals surface area contributed by atoms with Crippen molar-refractivity contribution in [2.24, 2.45) is 7.05 Å². The molecule has 0 bridgehead atoms. The lowest BCUT2D eigenvalue weighted by Gasteiger charge is -2.15. The van der Waals surface area contributed by atoms with E-state index in [1.165, 1.54) is 16.5 Å². The van der Waals surface area contributed by atoms with Gasteiger partial charge in [-0.05, 0) is 35.2 Å². The Labute approximate surface area is 93.6 Å². The van der Waals surface area contributed by atoms with Gasteiger partial charge in [-0.25, -0.2) is 0 Å². The van der Waals surface area contributed by atoms with E-state index in [1.807, 2.05) is 37.4 Å². The van der Waals surface area contributed by atoms with Gasteiger partial charge in [0, 0.05) is 12.6 Å². The molecule has 2 nitrogen and oxygen atoms in total. The summed E-state index contributed by atoms with van der Waals surface area (Å²) in [5.74, 6) is 0. The van der Waals surface area contributed by atoms with Crippen molar-refractivity contribution in [1.82, 2.24) is 4.57 Å². The Morgan fingerprint density at radius 2 is 1.81 bits per heavy atom. The predicted molar refractivity (Wildman–Crippen MR) is 65.4 cm³/mol. The maximum Gasteiger partial charge on any atom is 0.0561 e. The first-order chi connectivity index (χ1) is 7.75. The second kappa shape index (κ2) is 3.20. The van der Waals surface area contributed by atoms with Gasteiger partial charge in [0.15, 0.2) is 0 Å². The van der Waals surface area contributed by atoms with E-state index in [-0.39, 0.29) is 0 Å². The third-order valence-corrected chi connectivity index (χ3v) is 3.00. The molecule has 3 rings (SSSR count). The third-order valence-electron chi connectivity index (χ3n) is 3.00. The van der Waals surface area contributed by atoms with Gasteiger partial charge in [0.05, 0.1) is 11.1 Å². The molecular weight excluding hydrogens is 196 g/mol. The van der Waals surface area contributed by atoms with Crippen molar-refractivity contribution in [2.45, 2.75) is 0 Å². The van der Waals surface area contributed by atoms with Crippen LogP contribution in [0.4, 0.5) is 0 Å². The molecule has 78 valence electrons. The normalized spacial score (nSPS) is 11.1. The minimum Gasteiger partial charge on any atom is -0.344 e. The largest absolute Gasteiger partial charge is 0.344 e. The van der Waals surface area contributed by atoms with Crippen LogP contribution in [0.3, 0.4) is 0 Å². The zero-order valence-electron chi connectivity index (χ0n) is 9.07. The van der Waals surface area contributed by atoms with E-state index in [1.54, 1.807) is 0 Å². The number of benzene rings is 2. The summed E-state index contributed by atoms with van der Waals surface area (Å²) in [6.07, 6.45) is 0. The Morgan fingerprint density at radius 1 is 1.00 bits per heavy atom. The highest BCUT2D eigenvalue weighted by Gasteiger charge is 2.06. The van der Waals surface area contributed by atoms with Crippen molar-refractivity contribution in [1.29, 1.82) is 5.41 Å². The molecule has 1 aromatic rings. The molecule has 0 atom stereocenters. The molecule has 0 fully saturated rings. The topological polar surface area (TPSA) is 28.8 Å². The molecule has 0 radical (unpaired) electrons. The number of pyridine rings is 1. The molecule has 16 heavy (non-hydrogen) atoms. The van der Waals surface area contributed by atoms with Crippen LogP contribution in [-0.2, 0) is 7.05 Å². The number of aryl methyl sites for hydroxylation is 1. The van der Waals surface area contributed by atoms with E-state index in [0.717, 1.165) is 5.69 Å². The Kier molecular flexibility index (Phi) is 1.83. The molecule has 0 saturated carbocycles. The van der Waals surface area contributed by atoms with E-state index < -0.39 is 0 Å². The number of hydrogen-bond donors (Lipinski definition) is 1. The molecule has 0 saturated heterocycles. The quantitative estimate of drug-likeness (QED) is 0.550. The number of rotatable bonds is 0. The zero-order chi connectivity index (χ0) is 11.1. The number of para-hydroxylation sites is 1. The monoisotopic (exact) mass is 208 g/mol. The van der Waals surface area contributed by atoms with Crippen LogP contribution >= 0.6 is 0 Å². The standard InChI is InChI=1S/C14H12N2/c1-16-13-5-3-2-4-10(13)8-11-6-7-12(15)9-14(11)16/h2-9,15H,1H3. The summed E-state index contributed by atoms with van der Waals surface area (Å²) in [4.78, 5) is 0. The smallest absolute Gasteiger partial charge is 0.0561 e. The fourth-order valence-corrected chi connectivity index (χ4v) is 2.17. The number of fused-ring (bicyclic) bond motifs is 2. The highest BCUT2D eigenvalue weighted by atomic mass is 14.9. The molecule has 0 amide bonds. The lowest BCUT2D eigenvalue weighted by Crippen LogP contribution is -2.05. The molecule has 1 N–H and O–H groups in total. The highest BCUT2D eigenvalue weighted by Crippen LogP contribution is 2.25.